The zero-order valence-corrected chi connectivity index (χ0v) is 18.8. The average Bonchev–Trinajstić information content (AvgIpc) is 3.40. The number of thiazole rings is 1. The van der Waals surface area contributed by atoms with Crippen molar-refractivity contribution in [2.75, 3.05) is 19.5 Å². The lowest BCUT2D eigenvalue weighted by molar-refractivity contribution is -0.111. The first kappa shape index (κ1) is 21.2. The number of nitrogens with zero attached hydrogens (tertiary/aromatic N) is 1. The van der Waals surface area contributed by atoms with Crippen LogP contribution in [0.25, 0.3) is 27.6 Å². The molecular formula is C22H16Cl2N2O4S. The molecular weight excluding hydrogens is 459 g/mol. The van der Waals surface area contributed by atoms with E-state index in [0.29, 0.717) is 49.3 Å². The van der Waals surface area contributed by atoms with Gasteiger partial charge in [0.15, 0.2) is 5.13 Å². The van der Waals surface area contributed by atoms with E-state index in [1.165, 1.54) is 17.4 Å². The lowest BCUT2D eigenvalue weighted by atomic mass is 10.2. The molecule has 0 aliphatic heterocycles. The molecule has 4 aromatic rings. The molecule has 0 fully saturated rings. The van der Waals surface area contributed by atoms with Crippen LogP contribution in [0.2, 0.25) is 10.0 Å². The fraction of sp³-hybridized carbons (Fsp3) is 0.0909. The van der Waals surface area contributed by atoms with E-state index in [-0.39, 0.29) is 5.91 Å². The van der Waals surface area contributed by atoms with E-state index in [1.54, 1.807) is 50.6 Å². The van der Waals surface area contributed by atoms with Crippen LogP contribution in [0.15, 0.2) is 53.0 Å². The molecule has 31 heavy (non-hydrogen) atoms. The van der Waals surface area contributed by atoms with Crippen molar-refractivity contribution in [3.8, 4) is 22.8 Å². The molecule has 2 heterocycles. The number of anilines is 1. The maximum absolute atomic E-state index is 12.3. The number of rotatable bonds is 6. The number of hydrogen-bond acceptors (Lipinski definition) is 6. The van der Waals surface area contributed by atoms with Crippen molar-refractivity contribution in [2.45, 2.75) is 0 Å². The molecule has 158 valence electrons. The lowest BCUT2D eigenvalue weighted by Crippen LogP contribution is -2.07. The van der Waals surface area contributed by atoms with Gasteiger partial charge in [-0.15, -0.1) is 0 Å². The Balaban J connectivity index is 1.49. The molecule has 0 spiro atoms. The number of aromatic nitrogens is 1. The minimum Gasteiger partial charge on any atom is -0.497 e. The summed E-state index contributed by atoms with van der Waals surface area (Å²) in [7, 11) is 3.14. The molecule has 1 amide bonds. The van der Waals surface area contributed by atoms with Crippen LogP contribution >= 0.6 is 34.5 Å². The second-order valence-electron chi connectivity index (χ2n) is 6.32. The van der Waals surface area contributed by atoms with E-state index in [9.17, 15) is 4.79 Å². The number of ether oxygens (including phenoxy) is 2. The summed E-state index contributed by atoms with van der Waals surface area (Å²) in [4.78, 5) is 16.8. The van der Waals surface area contributed by atoms with E-state index in [4.69, 9.17) is 37.1 Å². The summed E-state index contributed by atoms with van der Waals surface area (Å²) < 4.78 is 17.2. The van der Waals surface area contributed by atoms with Crippen LogP contribution in [-0.4, -0.2) is 25.1 Å². The van der Waals surface area contributed by atoms with Crippen LogP contribution in [0.3, 0.4) is 0 Å². The number of halogens is 2. The first-order chi connectivity index (χ1) is 15.0. The molecule has 0 saturated heterocycles. The summed E-state index contributed by atoms with van der Waals surface area (Å²) in [6, 6.07) is 12.4. The Labute approximate surface area is 192 Å². The average molecular weight is 475 g/mol. The molecule has 0 bridgehead atoms. The van der Waals surface area contributed by atoms with Gasteiger partial charge in [-0.3, -0.25) is 10.1 Å². The second-order valence-corrected chi connectivity index (χ2v) is 8.14. The summed E-state index contributed by atoms with van der Waals surface area (Å²) in [6.45, 7) is 0. The number of nitrogens with one attached hydrogen (secondary N) is 1. The molecule has 4 rings (SSSR count). The lowest BCUT2D eigenvalue weighted by Gasteiger charge is -2.03. The van der Waals surface area contributed by atoms with Crippen molar-refractivity contribution in [2.24, 2.45) is 0 Å². The highest BCUT2D eigenvalue weighted by molar-refractivity contribution is 7.22. The minimum absolute atomic E-state index is 0.344. The van der Waals surface area contributed by atoms with E-state index < -0.39 is 0 Å². The monoisotopic (exact) mass is 474 g/mol. The van der Waals surface area contributed by atoms with Gasteiger partial charge < -0.3 is 13.9 Å². The SMILES string of the molecule is COc1cc(OC)c2nc(NC(=O)C=Cc3ccc(-c4cccc(Cl)c4Cl)o3)sc2c1. The first-order valence-electron chi connectivity index (χ1n) is 9.04. The number of methoxy groups -OCH3 is 2. The van der Waals surface area contributed by atoms with Gasteiger partial charge in [0.2, 0.25) is 5.91 Å². The van der Waals surface area contributed by atoms with Gasteiger partial charge in [-0.1, -0.05) is 40.6 Å². The standard InChI is InChI=1S/C22H16Cl2N2O4S/c1-28-13-10-17(29-2)21-18(11-13)31-22(26-21)25-19(27)9-7-12-6-8-16(30-12)14-4-3-5-15(23)20(14)24/h3-11H,1-2H3,(H,25,26,27). The summed E-state index contributed by atoms with van der Waals surface area (Å²) in [5.41, 5.74) is 1.33. The van der Waals surface area contributed by atoms with Gasteiger partial charge in [-0.25, -0.2) is 4.98 Å². The Morgan fingerprint density at radius 3 is 2.77 bits per heavy atom. The van der Waals surface area contributed by atoms with Gasteiger partial charge in [-0.2, -0.15) is 0 Å². The highest BCUT2D eigenvalue weighted by Gasteiger charge is 2.13. The highest BCUT2D eigenvalue weighted by Crippen LogP contribution is 2.36. The van der Waals surface area contributed by atoms with Crippen LogP contribution in [0.5, 0.6) is 11.5 Å². The highest BCUT2D eigenvalue weighted by atomic mass is 35.5. The van der Waals surface area contributed by atoms with Gasteiger partial charge in [0.05, 0.1) is 29.0 Å². The van der Waals surface area contributed by atoms with Crippen LogP contribution < -0.4 is 14.8 Å². The Kier molecular flexibility index (Phi) is 6.18. The van der Waals surface area contributed by atoms with E-state index in [1.807, 2.05) is 12.1 Å². The number of amides is 1. The van der Waals surface area contributed by atoms with Crippen molar-refractivity contribution < 1.29 is 18.7 Å². The summed E-state index contributed by atoms with van der Waals surface area (Å²) in [5.74, 6) is 1.93. The Morgan fingerprint density at radius 2 is 2.00 bits per heavy atom. The summed E-state index contributed by atoms with van der Waals surface area (Å²) in [5, 5.41) is 4.05. The molecule has 6 nitrogen and oxygen atoms in total. The number of benzene rings is 2. The van der Waals surface area contributed by atoms with Crippen molar-refractivity contribution in [1.29, 1.82) is 0 Å². The summed E-state index contributed by atoms with van der Waals surface area (Å²) in [6.07, 6.45) is 2.93. The number of fused-ring (bicyclic) bond motifs is 1. The van der Waals surface area contributed by atoms with Gasteiger partial charge in [0.25, 0.3) is 0 Å². The predicted molar refractivity (Wildman–Crippen MR) is 125 cm³/mol. The maximum atomic E-state index is 12.3. The zero-order chi connectivity index (χ0) is 22.0. The molecule has 0 saturated carbocycles. The molecule has 0 unspecified atom stereocenters. The third-order valence-corrected chi connectivity index (χ3v) is 6.10. The van der Waals surface area contributed by atoms with Crippen LogP contribution in [0.4, 0.5) is 5.13 Å². The van der Waals surface area contributed by atoms with Gasteiger partial charge >= 0.3 is 0 Å². The largest absolute Gasteiger partial charge is 0.497 e. The Morgan fingerprint density at radius 1 is 1.16 bits per heavy atom. The van der Waals surface area contributed by atoms with Gasteiger partial charge in [-0.05, 0) is 36.4 Å². The number of carbonyl (C=O) groups excluding carboxylic acids is 1. The third kappa shape index (κ3) is 4.54. The molecule has 0 aliphatic rings. The van der Waals surface area contributed by atoms with E-state index in [0.717, 1.165) is 4.70 Å². The van der Waals surface area contributed by atoms with Gasteiger partial charge in [0, 0.05) is 17.7 Å². The molecule has 0 aliphatic carbocycles. The number of furan rings is 1. The van der Waals surface area contributed by atoms with Crippen molar-refractivity contribution in [1.82, 2.24) is 4.98 Å². The topological polar surface area (TPSA) is 73.6 Å². The fourth-order valence-electron chi connectivity index (χ4n) is 2.89. The smallest absolute Gasteiger partial charge is 0.250 e. The Bertz CT molecular complexity index is 1300. The fourth-order valence-corrected chi connectivity index (χ4v) is 4.20. The molecule has 2 aromatic heterocycles. The number of hydrogen-bond donors (Lipinski definition) is 1. The van der Waals surface area contributed by atoms with Crippen molar-refractivity contribution in [3.05, 3.63) is 64.3 Å². The van der Waals surface area contributed by atoms with E-state index >= 15 is 0 Å². The first-order valence-corrected chi connectivity index (χ1v) is 10.6. The van der Waals surface area contributed by atoms with Crippen LogP contribution in [-0.2, 0) is 4.79 Å². The van der Waals surface area contributed by atoms with Crippen LogP contribution in [0, 0.1) is 0 Å². The maximum Gasteiger partial charge on any atom is 0.250 e. The minimum atomic E-state index is -0.344. The zero-order valence-electron chi connectivity index (χ0n) is 16.4. The predicted octanol–water partition coefficient (Wildman–Crippen LogP) is 6.53. The van der Waals surface area contributed by atoms with Gasteiger partial charge in [0.1, 0.15) is 28.5 Å². The Hall–Kier alpha value is -3.00. The molecule has 1 N–H and O–H groups in total. The third-order valence-electron chi connectivity index (χ3n) is 4.36. The van der Waals surface area contributed by atoms with Crippen LogP contribution in [0.1, 0.15) is 5.76 Å². The van der Waals surface area contributed by atoms with Crippen molar-refractivity contribution in [3.63, 3.8) is 0 Å². The normalized spacial score (nSPS) is 11.2. The molecule has 2 aromatic carbocycles. The quantitative estimate of drug-likeness (QED) is 0.321. The second kappa shape index (κ2) is 9.01. The van der Waals surface area contributed by atoms with Crippen molar-refractivity contribution >= 4 is 61.9 Å². The van der Waals surface area contributed by atoms with E-state index in [2.05, 4.69) is 10.3 Å². The molecule has 9 heteroatoms. The molecule has 0 radical (unpaired) electrons. The molecule has 0 atom stereocenters. The number of carbonyl (C=O) groups is 1. The summed E-state index contributed by atoms with van der Waals surface area (Å²) >= 11 is 13.6.